The van der Waals surface area contributed by atoms with E-state index in [0.29, 0.717) is 18.6 Å². The number of rotatable bonds is 4. The molecule has 0 saturated heterocycles. The molecular weight excluding hydrogens is 186 g/mol. The van der Waals surface area contributed by atoms with Crippen LogP contribution in [0.3, 0.4) is 0 Å². The summed E-state index contributed by atoms with van der Waals surface area (Å²) in [6.45, 7) is 3.27. The molecule has 0 aromatic carbocycles. The minimum Gasteiger partial charge on any atom is -0.396 e. The Bertz CT molecular complexity index is 215. The van der Waals surface area contributed by atoms with Crippen molar-refractivity contribution in [2.24, 2.45) is 22.5 Å². The summed E-state index contributed by atoms with van der Waals surface area (Å²) in [6, 6.07) is 0. The minimum atomic E-state index is 0.115. The molecule has 2 aliphatic rings. The van der Waals surface area contributed by atoms with Gasteiger partial charge >= 0.3 is 0 Å². The van der Waals surface area contributed by atoms with Crippen LogP contribution in [0.1, 0.15) is 51.9 Å². The van der Waals surface area contributed by atoms with Crippen LogP contribution in [0.15, 0.2) is 0 Å². The van der Waals surface area contributed by atoms with E-state index in [1.165, 1.54) is 44.9 Å². The highest BCUT2D eigenvalue weighted by Crippen LogP contribution is 2.70. The van der Waals surface area contributed by atoms with Crippen LogP contribution in [-0.4, -0.2) is 18.3 Å². The third-order valence-corrected chi connectivity index (χ3v) is 5.13. The van der Waals surface area contributed by atoms with Gasteiger partial charge in [0.2, 0.25) is 0 Å². The van der Waals surface area contributed by atoms with Crippen molar-refractivity contribution in [2.75, 3.05) is 13.2 Å². The molecule has 88 valence electrons. The molecule has 0 aromatic rings. The lowest BCUT2D eigenvalue weighted by Gasteiger charge is -2.32. The SMILES string of the molecule is CCCC1CCC2(CC1)CC2(CN)CO. The van der Waals surface area contributed by atoms with Gasteiger partial charge in [-0.1, -0.05) is 19.8 Å². The molecule has 0 heterocycles. The standard InChI is InChI=1S/C13H25NO/c1-2-3-11-4-6-12(7-5-11)8-13(12,9-14)10-15/h11,15H,2-10,14H2,1H3. The summed E-state index contributed by atoms with van der Waals surface area (Å²) in [7, 11) is 0. The zero-order valence-electron chi connectivity index (χ0n) is 9.97. The number of hydrogen-bond donors (Lipinski definition) is 2. The van der Waals surface area contributed by atoms with E-state index in [9.17, 15) is 5.11 Å². The Balaban J connectivity index is 1.89. The van der Waals surface area contributed by atoms with Crippen LogP contribution in [0.2, 0.25) is 0 Å². The summed E-state index contributed by atoms with van der Waals surface area (Å²) in [5.74, 6) is 0.954. The van der Waals surface area contributed by atoms with Crippen molar-refractivity contribution in [2.45, 2.75) is 51.9 Å². The molecule has 2 rings (SSSR count). The predicted octanol–water partition coefficient (Wildman–Crippen LogP) is 2.30. The van der Waals surface area contributed by atoms with Crippen molar-refractivity contribution in [3.8, 4) is 0 Å². The zero-order chi connectivity index (χ0) is 10.9. The fourth-order valence-electron chi connectivity index (χ4n) is 3.81. The van der Waals surface area contributed by atoms with Gasteiger partial charge in [-0.05, 0) is 43.4 Å². The number of nitrogens with two attached hydrogens (primary N) is 1. The zero-order valence-corrected chi connectivity index (χ0v) is 9.97. The van der Waals surface area contributed by atoms with Crippen molar-refractivity contribution in [1.82, 2.24) is 0 Å². The molecule has 0 amide bonds. The van der Waals surface area contributed by atoms with Crippen molar-refractivity contribution in [3.63, 3.8) is 0 Å². The van der Waals surface area contributed by atoms with E-state index in [2.05, 4.69) is 6.92 Å². The molecular formula is C13H25NO. The summed E-state index contributed by atoms with van der Waals surface area (Å²) >= 11 is 0. The fourth-order valence-corrected chi connectivity index (χ4v) is 3.81. The first-order valence-corrected chi connectivity index (χ1v) is 6.53. The lowest BCUT2D eigenvalue weighted by molar-refractivity contribution is 0.134. The lowest BCUT2D eigenvalue weighted by atomic mass is 9.74. The van der Waals surface area contributed by atoms with Gasteiger partial charge in [0, 0.05) is 12.0 Å². The molecule has 2 fully saturated rings. The van der Waals surface area contributed by atoms with E-state index in [-0.39, 0.29) is 5.41 Å². The maximum atomic E-state index is 9.46. The van der Waals surface area contributed by atoms with Gasteiger partial charge in [0.05, 0.1) is 6.61 Å². The van der Waals surface area contributed by atoms with Gasteiger partial charge in [-0.15, -0.1) is 0 Å². The van der Waals surface area contributed by atoms with E-state index in [4.69, 9.17) is 5.73 Å². The van der Waals surface area contributed by atoms with Crippen LogP contribution >= 0.6 is 0 Å². The first-order valence-electron chi connectivity index (χ1n) is 6.53. The maximum Gasteiger partial charge on any atom is 0.0505 e. The Morgan fingerprint density at radius 2 is 2.00 bits per heavy atom. The van der Waals surface area contributed by atoms with Crippen molar-refractivity contribution in [1.29, 1.82) is 0 Å². The maximum absolute atomic E-state index is 9.46. The minimum absolute atomic E-state index is 0.115. The second-order valence-corrected chi connectivity index (χ2v) is 5.83. The highest BCUT2D eigenvalue weighted by atomic mass is 16.3. The quantitative estimate of drug-likeness (QED) is 0.749. The molecule has 15 heavy (non-hydrogen) atoms. The second kappa shape index (κ2) is 4.06. The second-order valence-electron chi connectivity index (χ2n) is 5.83. The van der Waals surface area contributed by atoms with E-state index in [1.807, 2.05) is 0 Å². The monoisotopic (exact) mass is 211 g/mol. The summed E-state index contributed by atoms with van der Waals surface area (Å²) in [5.41, 5.74) is 6.38. The van der Waals surface area contributed by atoms with Gasteiger partial charge in [0.1, 0.15) is 0 Å². The van der Waals surface area contributed by atoms with Crippen LogP contribution in [0.25, 0.3) is 0 Å². The van der Waals surface area contributed by atoms with Crippen LogP contribution in [0.4, 0.5) is 0 Å². The summed E-state index contributed by atoms with van der Waals surface area (Å²) in [6.07, 6.45) is 9.27. The number of hydrogen-bond acceptors (Lipinski definition) is 2. The van der Waals surface area contributed by atoms with Crippen LogP contribution in [0, 0.1) is 16.7 Å². The topological polar surface area (TPSA) is 46.2 Å². The summed E-state index contributed by atoms with van der Waals surface area (Å²) < 4.78 is 0. The Labute approximate surface area is 93.2 Å². The third kappa shape index (κ3) is 1.72. The van der Waals surface area contributed by atoms with Crippen molar-refractivity contribution in [3.05, 3.63) is 0 Å². The van der Waals surface area contributed by atoms with E-state index >= 15 is 0 Å². The third-order valence-electron chi connectivity index (χ3n) is 5.13. The molecule has 2 saturated carbocycles. The Morgan fingerprint density at radius 3 is 2.40 bits per heavy atom. The van der Waals surface area contributed by atoms with Gasteiger partial charge in [0.25, 0.3) is 0 Å². The van der Waals surface area contributed by atoms with Crippen molar-refractivity contribution >= 4 is 0 Å². The molecule has 0 radical (unpaired) electrons. The molecule has 2 heteroatoms. The van der Waals surface area contributed by atoms with Gasteiger partial charge < -0.3 is 10.8 Å². The Kier molecular flexibility index (Phi) is 3.09. The first-order chi connectivity index (χ1) is 7.22. The molecule has 2 nitrogen and oxygen atoms in total. The molecule has 2 aliphatic carbocycles. The highest BCUT2D eigenvalue weighted by molar-refractivity contribution is 5.15. The van der Waals surface area contributed by atoms with Crippen LogP contribution in [0.5, 0.6) is 0 Å². The molecule has 1 spiro atoms. The summed E-state index contributed by atoms with van der Waals surface area (Å²) in [4.78, 5) is 0. The Morgan fingerprint density at radius 1 is 1.33 bits per heavy atom. The molecule has 1 atom stereocenters. The lowest BCUT2D eigenvalue weighted by Crippen LogP contribution is -2.30. The first kappa shape index (κ1) is 11.4. The fraction of sp³-hybridized carbons (Fsp3) is 1.00. The molecule has 0 aromatic heterocycles. The van der Waals surface area contributed by atoms with Crippen LogP contribution < -0.4 is 5.73 Å². The van der Waals surface area contributed by atoms with Crippen molar-refractivity contribution < 1.29 is 5.11 Å². The average molecular weight is 211 g/mol. The molecule has 1 unspecified atom stereocenters. The molecule has 3 N–H and O–H groups in total. The van der Waals surface area contributed by atoms with Crippen LogP contribution in [-0.2, 0) is 0 Å². The molecule has 0 aliphatic heterocycles. The molecule has 0 bridgehead atoms. The average Bonchev–Trinajstić information content (AvgIpc) is 2.91. The van der Waals surface area contributed by atoms with Gasteiger partial charge in [-0.3, -0.25) is 0 Å². The summed E-state index contributed by atoms with van der Waals surface area (Å²) in [5, 5.41) is 9.46. The van der Waals surface area contributed by atoms with Gasteiger partial charge in [-0.2, -0.15) is 0 Å². The number of aliphatic hydroxyl groups is 1. The largest absolute Gasteiger partial charge is 0.396 e. The smallest absolute Gasteiger partial charge is 0.0505 e. The highest BCUT2D eigenvalue weighted by Gasteiger charge is 2.65. The van der Waals surface area contributed by atoms with Gasteiger partial charge in [-0.25, -0.2) is 0 Å². The predicted molar refractivity (Wildman–Crippen MR) is 62.5 cm³/mol. The number of aliphatic hydroxyl groups excluding tert-OH is 1. The van der Waals surface area contributed by atoms with Gasteiger partial charge in [0.15, 0.2) is 0 Å². The van der Waals surface area contributed by atoms with E-state index < -0.39 is 0 Å². The van der Waals surface area contributed by atoms with E-state index in [1.54, 1.807) is 0 Å². The Hall–Kier alpha value is -0.0800. The van der Waals surface area contributed by atoms with E-state index in [0.717, 1.165) is 5.92 Å². The normalized spacial score (nSPS) is 44.6.